The zero-order valence-corrected chi connectivity index (χ0v) is 10.5. The van der Waals surface area contributed by atoms with Crippen molar-refractivity contribution in [1.29, 1.82) is 0 Å². The van der Waals surface area contributed by atoms with Crippen LogP contribution in [0.1, 0.15) is 37.5 Å². The van der Waals surface area contributed by atoms with Gasteiger partial charge in [-0.2, -0.15) is 0 Å². The third kappa shape index (κ3) is 3.07. The van der Waals surface area contributed by atoms with E-state index in [1.807, 2.05) is 6.92 Å². The molecular formula is C14H22O. The molecule has 0 amide bonds. The summed E-state index contributed by atoms with van der Waals surface area (Å²) in [6, 6.07) is 6.51. The van der Waals surface area contributed by atoms with Crippen LogP contribution >= 0.6 is 0 Å². The highest BCUT2D eigenvalue weighted by Crippen LogP contribution is 2.27. The highest BCUT2D eigenvalue weighted by Gasteiger charge is 2.24. The number of benzene rings is 1. The topological polar surface area (TPSA) is 20.2 Å². The number of rotatable bonds is 3. The molecule has 84 valence electrons. The Hall–Kier alpha value is -0.820. The summed E-state index contributed by atoms with van der Waals surface area (Å²) in [7, 11) is 0. The van der Waals surface area contributed by atoms with E-state index in [-0.39, 0.29) is 11.5 Å². The molecule has 1 nitrogen and oxygen atoms in total. The first-order chi connectivity index (χ1) is 6.83. The molecule has 0 bridgehead atoms. The van der Waals surface area contributed by atoms with E-state index in [9.17, 15) is 5.11 Å². The van der Waals surface area contributed by atoms with Crippen molar-refractivity contribution in [1.82, 2.24) is 0 Å². The van der Waals surface area contributed by atoms with Gasteiger partial charge in [-0.05, 0) is 43.7 Å². The summed E-state index contributed by atoms with van der Waals surface area (Å²) in [4.78, 5) is 0. The molecule has 1 N–H and O–H groups in total. The lowest BCUT2D eigenvalue weighted by molar-refractivity contribution is 0.0664. The van der Waals surface area contributed by atoms with Gasteiger partial charge in [-0.15, -0.1) is 0 Å². The monoisotopic (exact) mass is 206 g/mol. The molecule has 0 aliphatic heterocycles. The summed E-state index contributed by atoms with van der Waals surface area (Å²) in [5.74, 6) is 0. The predicted molar refractivity (Wildman–Crippen MR) is 65.1 cm³/mol. The Labute approximate surface area is 93.1 Å². The third-order valence-corrected chi connectivity index (χ3v) is 3.28. The molecule has 0 fully saturated rings. The van der Waals surface area contributed by atoms with Gasteiger partial charge in [0.2, 0.25) is 0 Å². The standard InChI is InChI=1S/C14H22O/c1-10-6-7-11(2)13(8-10)9-14(4,5)12(3)15/h6-8,12,15H,9H2,1-5H3. The molecule has 0 aliphatic rings. The molecule has 1 heteroatoms. The molecule has 1 aromatic carbocycles. The SMILES string of the molecule is Cc1ccc(C)c(CC(C)(C)C(C)O)c1. The van der Waals surface area contributed by atoms with Gasteiger partial charge in [0.15, 0.2) is 0 Å². The van der Waals surface area contributed by atoms with E-state index < -0.39 is 0 Å². The van der Waals surface area contributed by atoms with Crippen LogP contribution in [-0.2, 0) is 6.42 Å². The average Bonchev–Trinajstić information content (AvgIpc) is 2.10. The van der Waals surface area contributed by atoms with Crippen LogP contribution in [0.2, 0.25) is 0 Å². The third-order valence-electron chi connectivity index (χ3n) is 3.28. The molecular weight excluding hydrogens is 184 g/mol. The van der Waals surface area contributed by atoms with Gasteiger partial charge in [0.25, 0.3) is 0 Å². The van der Waals surface area contributed by atoms with Crippen LogP contribution in [0.5, 0.6) is 0 Å². The number of hydrogen-bond donors (Lipinski definition) is 1. The van der Waals surface area contributed by atoms with Crippen LogP contribution in [0.3, 0.4) is 0 Å². The Balaban J connectivity index is 2.94. The van der Waals surface area contributed by atoms with Gasteiger partial charge in [0.05, 0.1) is 6.10 Å². The van der Waals surface area contributed by atoms with E-state index >= 15 is 0 Å². The van der Waals surface area contributed by atoms with Crippen molar-refractivity contribution in [2.24, 2.45) is 5.41 Å². The molecule has 0 saturated carbocycles. The normalized spacial score (nSPS) is 14.0. The van der Waals surface area contributed by atoms with Crippen LogP contribution < -0.4 is 0 Å². The number of hydrogen-bond acceptors (Lipinski definition) is 1. The van der Waals surface area contributed by atoms with Gasteiger partial charge in [-0.3, -0.25) is 0 Å². The van der Waals surface area contributed by atoms with Crippen molar-refractivity contribution >= 4 is 0 Å². The van der Waals surface area contributed by atoms with Gasteiger partial charge in [-0.25, -0.2) is 0 Å². The minimum Gasteiger partial charge on any atom is -0.393 e. The first-order valence-corrected chi connectivity index (χ1v) is 5.57. The summed E-state index contributed by atoms with van der Waals surface area (Å²) in [5.41, 5.74) is 3.89. The highest BCUT2D eigenvalue weighted by atomic mass is 16.3. The smallest absolute Gasteiger partial charge is 0.0566 e. The van der Waals surface area contributed by atoms with Gasteiger partial charge >= 0.3 is 0 Å². The van der Waals surface area contributed by atoms with E-state index in [2.05, 4.69) is 45.9 Å². The lowest BCUT2D eigenvalue weighted by atomic mass is 9.80. The Morgan fingerprint density at radius 3 is 2.40 bits per heavy atom. The van der Waals surface area contributed by atoms with Crippen molar-refractivity contribution in [3.63, 3.8) is 0 Å². The van der Waals surface area contributed by atoms with Crippen LogP contribution in [0.25, 0.3) is 0 Å². The van der Waals surface area contributed by atoms with E-state index in [1.54, 1.807) is 0 Å². The second-order valence-corrected chi connectivity index (χ2v) is 5.27. The molecule has 0 spiro atoms. The van der Waals surface area contributed by atoms with Crippen molar-refractivity contribution in [2.75, 3.05) is 0 Å². The zero-order valence-electron chi connectivity index (χ0n) is 10.5. The Morgan fingerprint density at radius 2 is 1.87 bits per heavy atom. The highest BCUT2D eigenvalue weighted by molar-refractivity contribution is 5.31. The molecule has 1 atom stereocenters. The molecule has 1 unspecified atom stereocenters. The fraction of sp³-hybridized carbons (Fsp3) is 0.571. The summed E-state index contributed by atoms with van der Waals surface area (Å²) in [6.07, 6.45) is 0.649. The van der Waals surface area contributed by atoms with Crippen molar-refractivity contribution in [3.8, 4) is 0 Å². The summed E-state index contributed by atoms with van der Waals surface area (Å²) >= 11 is 0. The van der Waals surface area contributed by atoms with Crippen molar-refractivity contribution < 1.29 is 5.11 Å². The maximum absolute atomic E-state index is 9.70. The first-order valence-electron chi connectivity index (χ1n) is 5.57. The molecule has 1 aromatic rings. The summed E-state index contributed by atoms with van der Waals surface area (Å²) in [6.45, 7) is 10.3. The average molecular weight is 206 g/mol. The second-order valence-electron chi connectivity index (χ2n) is 5.27. The van der Waals surface area contributed by atoms with Gasteiger partial charge in [-0.1, -0.05) is 37.6 Å². The lowest BCUT2D eigenvalue weighted by Gasteiger charge is -2.28. The molecule has 0 radical (unpaired) electrons. The number of aryl methyl sites for hydroxylation is 2. The van der Waals surface area contributed by atoms with Crippen LogP contribution in [0.15, 0.2) is 18.2 Å². The summed E-state index contributed by atoms with van der Waals surface area (Å²) < 4.78 is 0. The maximum Gasteiger partial charge on any atom is 0.0566 e. The fourth-order valence-corrected chi connectivity index (χ4v) is 1.63. The van der Waals surface area contributed by atoms with Gasteiger partial charge < -0.3 is 5.11 Å². The zero-order chi connectivity index (χ0) is 11.6. The molecule has 0 aliphatic carbocycles. The predicted octanol–water partition coefficient (Wildman–Crippen LogP) is 3.25. The van der Waals surface area contributed by atoms with E-state index in [0.29, 0.717) is 0 Å². The Kier molecular flexibility index (Phi) is 3.56. The van der Waals surface area contributed by atoms with Crippen molar-refractivity contribution in [3.05, 3.63) is 34.9 Å². The fourth-order valence-electron chi connectivity index (χ4n) is 1.63. The quantitative estimate of drug-likeness (QED) is 0.805. The Bertz CT molecular complexity index is 337. The molecule has 15 heavy (non-hydrogen) atoms. The van der Waals surface area contributed by atoms with E-state index in [4.69, 9.17) is 0 Å². The maximum atomic E-state index is 9.70. The number of aliphatic hydroxyl groups excluding tert-OH is 1. The van der Waals surface area contributed by atoms with Crippen LogP contribution in [0.4, 0.5) is 0 Å². The molecule has 0 aromatic heterocycles. The summed E-state index contributed by atoms with van der Waals surface area (Å²) in [5, 5.41) is 9.70. The molecule has 1 rings (SSSR count). The minimum atomic E-state index is -0.280. The molecule has 0 heterocycles. The minimum absolute atomic E-state index is 0.0570. The van der Waals surface area contributed by atoms with Crippen LogP contribution in [0, 0.1) is 19.3 Å². The van der Waals surface area contributed by atoms with Gasteiger partial charge in [0.1, 0.15) is 0 Å². The second kappa shape index (κ2) is 4.36. The molecule has 0 saturated heterocycles. The van der Waals surface area contributed by atoms with Crippen molar-refractivity contribution in [2.45, 2.75) is 47.1 Å². The largest absolute Gasteiger partial charge is 0.393 e. The number of aliphatic hydroxyl groups is 1. The first kappa shape index (κ1) is 12.3. The van der Waals surface area contributed by atoms with E-state index in [0.717, 1.165) is 6.42 Å². The lowest BCUT2D eigenvalue weighted by Crippen LogP contribution is -2.29. The van der Waals surface area contributed by atoms with Gasteiger partial charge in [0, 0.05) is 0 Å². The van der Waals surface area contributed by atoms with Crippen LogP contribution in [-0.4, -0.2) is 11.2 Å². The Morgan fingerprint density at radius 1 is 1.27 bits per heavy atom. The van der Waals surface area contributed by atoms with E-state index in [1.165, 1.54) is 16.7 Å².